The summed E-state index contributed by atoms with van der Waals surface area (Å²) in [6.45, 7) is 1.55. The van der Waals surface area contributed by atoms with E-state index in [2.05, 4.69) is 4.72 Å². The van der Waals surface area contributed by atoms with Gasteiger partial charge in [-0.3, -0.25) is 14.3 Å². The van der Waals surface area contributed by atoms with Crippen molar-refractivity contribution in [1.82, 2.24) is 0 Å². The Bertz CT molecular complexity index is 1170. The van der Waals surface area contributed by atoms with Crippen LogP contribution in [0.15, 0.2) is 47.4 Å². The predicted octanol–water partition coefficient (Wildman–Crippen LogP) is 0.961. The van der Waals surface area contributed by atoms with Crippen molar-refractivity contribution < 1.29 is 26.4 Å². The highest BCUT2D eigenvalue weighted by atomic mass is 32.2. The molecule has 1 heterocycles. The summed E-state index contributed by atoms with van der Waals surface area (Å²) in [4.78, 5) is 22.9. The van der Waals surface area contributed by atoms with Crippen LogP contribution in [0, 0.1) is 6.92 Å². The number of rotatable bonds is 5. The number of aryl methyl sites for hydroxylation is 1. The number of hydrogen-bond acceptors (Lipinski definition) is 6. The van der Waals surface area contributed by atoms with Crippen LogP contribution in [0.3, 0.4) is 0 Å². The third-order valence-electron chi connectivity index (χ3n) is 4.20. The summed E-state index contributed by atoms with van der Waals surface area (Å²) in [6, 6.07) is 9.47. The summed E-state index contributed by atoms with van der Waals surface area (Å²) in [7, 11) is -7.89. The van der Waals surface area contributed by atoms with E-state index >= 15 is 0 Å². The molecule has 9 nitrogen and oxygen atoms in total. The molecule has 0 unspecified atom stereocenters. The van der Waals surface area contributed by atoms with E-state index in [-0.39, 0.29) is 34.0 Å². The van der Waals surface area contributed by atoms with Crippen LogP contribution in [-0.4, -0.2) is 34.4 Å². The van der Waals surface area contributed by atoms with Gasteiger partial charge in [-0.1, -0.05) is 6.07 Å². The first kappa shape index (κ1) is 19.8. The molecule has 0 aliphatic carbocycles. The van der Waals surface area contributed by atoms with Crippen molar-refractivity contribution in [3.63, 3.8) is 0 Å². The van der Waals surface area contributed by atoms with Crippen molar-refractivity contribution in [2.24, 2.45) is 5.73 Å². The van der Waals surface area contributed by atoms with Gasteiger partial charge >= 0.3 is 0 Å². The molecule has 0 spiro atoms. The zero-order valence-electron chi connectivity index (χ0n) is 14.7. The molecule has 11 heteroatoms. The molecule has 3 rings (SSSR count). The SMILES string of the molecule is Cc1ccc(N2C(=O)CCS2(=O)=O)cc1S(=O)(=O)Nc1ccc(C(N)=O)cc1. The minimum absolute atomic E-state index is 0.0300. The van der Waals surface area contributed by atoms with Crippen molar-refractivity contribution >= 4 is 43.2 Å². The van der Waals surface area contributed by atoms with Crippen molar-refractivity contribution in [3.8, 4) is 0 Å². The second kappa shape index (κ2) is 6.91. The maximum Gasteiger partial charge on any atom is 0.262 e. The number of carbonyl (C=O) groups is 2. The van der Waals surface area contributed by atoms with Crippen molar-refractivity contribution in [3.05, 3.63) is 53.6 Å². The van der Waals surface area contributed by atoms with E-state index < -0.39 is 31.9 Å². The Morgan fingerprint density at radius 1 is 1.14 bits per heavy atom. The minimum atomic E-state index is -4.08. The summed E-state index contributed by atoms with van der Waals surface area (Å²) in [5.74, 6) is -1.57. The van der Waals surface area contributed by atoms with E-state index in [1.54, 1.807) is 6.92 Å². The lowest BCUT2D eigenvalue weighted by Crippen LogP contribution is -2.29. The highest BCUT2D eigenvalue weighted by Crippen LogP contribution is 2.29. The first-order chi connectivity index (χ1) is 13.0. The Hall–Kier alpha value is -2.92. The maximum absolute atomic E-state index is 12.8. The average molecular weight is 423 g/mol. The Morgan fingerprint density at radius 3 is 2.32 bits per heavy atom. The molecule has 0 radical (unpaired) electrons. The second-order valence-electron chi connectivity index (χ2n) is 6.22. The fourth-order valence-electron chi connectivity index (χ4n) is 2.79. The van der Waals surface area contributed by atoms with Gasteiger partial charge < -0.3 is 5.73 Å². The summed E-state index contributed by atoms with van der Waals surface area (Å²) >= 11 is 0. The van der Waals surface area contributed by atoms with Crippen LogP contribution in [-0.2, 0) is 24.8 Å². The summed E-state index contributed by atoms with van der Waals surface area (Å²) in [5.41, 5.74) is 5.91. The molecule has 1 fully saturated rings. The Morgan fingerprint density at radius 2 is 1.79 bits per heavy atom. The Balaban J connectivity index is 1.98. The first-order valence-electron chi connectivity index (χ1n) is 8.10. The molecule has 148 valence electrons. The lowest BCUT2D eigenvalue weighted by atomic mass is 10.2. The molecule has 1 saturated heterocycles. The predicted molar refractivity (Wildman–Crippen MR) is 103 cm³/mol. The zero-order valence-corrected chi connectivity index (χ0v) is 16.4. The van der Waals surface area contributed by atoms with E-state index in [0.29, 0.717) is 9.87 Å². The molecule has 2 amide bonds. The van der Waals surface area contributed by atoms with Crippen LogP contribution in [0.5, 0.6) is 0 Å². The quantitative estimate of drug-likeness (QED) is 0.733. The lowest BCUT2D eigenvalue weighted by molar-refractivity contribution is -0.116. The number of primary amides is 1. The number of carbonyl (C=O) groups excluding carboxylic acids is 2. The number of nitrogens with one attached hydrogen (secondary N) is 1. The third kappa shape index (κ3) is 3.71. The van der Waals surface area contributed by atoms with E-state index in [1.807, 2.05) is 0 Å². The molecular weight excluding hydrogens is 406 g/mol. The van der Waals surface area contributed by atoms with Gasteiger partial charge in [-0.15, -0.1) is 0 Å². The number of nitrogens with zero attached hydrogens (tertiary/aromatic N) is 1. The molecule has 1 aliphatic heterocycles. The van der Waals surface area contributed by atoms with Crippen LogP contribution < -0.4 is 14.8 Å². The number of benzene rings is 2. The maximum atomic E-state index is 12.8. The van der Waals surface area contributed by atoms with Crippen LogP contribution in [0.2, 0.25) is 0 Å². The molecule has 3 N–H and O–H groups in total. The number of nitrogens with two attached hydrogens (primary N) is 1. The average Bonchev–Trinajstić information content (AvgIpc) is 2.88. The fraction of sp³-hybridized carbons (Fsp3) is 0.176. The van der Waals surface area contributed by atoms with Gasteiger partial charge in [0.25, 0.3) is 10.0 Å². The van der Waals surface area contributed by atoms with Gasteiger partial charge in [0.05, 0.1) is 16.3 Å². The van der Waals surface area contributed by atoms with E-state index in [0.717, 1.165) is 6.07 Å². The van der Waals surface area contributed by atoms with Gasteiger partial charge in [-0.05, 0) is 48.9 Å². The number of anilines is 2. The van der Waals surface area contributed by atoms with Crippen LogP contribution >= 0.6 is 0 Å². The molecule has 1 aliphatic rings. The molecule has 2 aromatic rings. The zero-order chi connectivity index (χ0) is 20.7. The largest absolute Gasteiger partial charge is 0.366 e. The monoisotopic (exact) mass is 423 g/mol. The molecule has 0 bridgehead atoms. The van der Waals surface area contributed by atoms with Crippen molar-refractivity contribution in [1.29, 1.82) is 0 Å². The minimum Gasteiger partial charge on any atom is -0.366 e. The van der Waals surface area contributed by atoms with Crippen LogP contribution in [0.25, 0.3) is 0 Å². The molecule has 0 atom stereocenters. The van der Waals surface area contributed by atoms with Gasteiger partial charge in [-0.25, -0.2) is 21.1 Å². The van der Waals surface area contributed by atoms with E-state index in [9.17, 15) is 26.4 Å². The van der Waals surface area contributed by atoms with Gasteiger partial charge in [0.15, 0.2) is 0 Å². The van der Waals surface area contributed by atoms with E-state index in [4.69, 9.17) is 5.73 Å². The van der Waals surface area contributed by atoms with Gasteiger partial charge in [-0.2, -0.15) is 0 Å². The number of amides is 2. The molecule has 28 heavy (non-hydrogen) atoms. The molecule has 0 saturated carbocycles. The standard InChI is InChI=1S/C17H17N3O6S2/c1-11-2-7-14(20-16(21)8-9-27(20,23)24)10-15(11)28(25,26)19-13-5-3-12(4-6-13)17(18)22/h2-7,10,19H,8-9H2,1H3,(H2,18,22). The lowest BCUT2D eigenvalue weighted by Gasteiger charge is -2.17. The highest BCUT2D eigenvalue weighted by Gasteiger charge is 2.37. The third-order valence-corrected chi connectivity index (χ3v) is 7.41. The van der Waals surface area contributed by atoms with Gasteiger partial charge in [0.1, 0.15) is 0 Å². The number of hydrogen-bond donors (Lipinski definition) is 2. The second-order valence-corrected chi connectivity index (χ2v) is 9.81. The molecular formula is C17H17N3O6S2. The van der Waals surface area contributed by atoms with Crippen LogP contribution in [0.1, 0.15) is 22.3 Å². The summed E-state index contributed by atoms with van der Waals surface area (Å²) in [6.07, 6.45) is -0.150. The number of sulfonamides is 2. The van der Waals surface area contributed by atoms with Crippen molar-refractivity contribution in [2.45, 2.75) is 18.2 Å². The fourth-order valence-corrected chi connectivity index (χ4v) is 5.56. The molecule has 0 aromatic heterocycles. The molecule has 2 aromatic carbocycles. The van der Waals surface area contributed by atoms with Crippen LogP contribution in [0.4, 0.5) is 11.4 Å². The van der Waals surface area contributed by atoms with Gasteiger partial charge in [0, 0.05) is 17.7 Å². The highest BCUT2D eigenvalue weighted by molar-refractivity contribution is 7.94. The summed E-state index contributed by atoms with van der Waals surface area (Å²) < 4.78 is 52.8. The Kier molecular flexibility index (Phi) is 4.90. The summed E-state index contributed by atoms with van der Waals surface area (Å²) in [5, 5.41) is 0. The van der Waals surface area contributed by atoms with Gasteiger partial charge in [0.2, 0.25) is 21.8 Å². The van der Waals surface area contributed by atoms with E-state index in [1.165, 1.54) is 36.4 Å². The topological polar surface area (TPSA) is 144 Å². The first-order valence-corrected chi connectivity index (χ1v) is 11.2. The normalized spacial score (nSPS) is 16.2. The smallest absolute Gasteiger partial charge is 0.262 e. The Labute approximate surface area is 162 Å². The van der Waals surface area contributed by atoms with Crippen molar-refractivity contribution in [2.75, 3.05) is 14.8 Å².